The van der Waals surface area contributed by atoms with Gasteiger partial charge in [-0.1, -0.05) is 28.1 Å². The van der Waals surface area contributed by atoms with Crippen LogP contribution in [0.5, 0.6) is 5.75 Å². The third-order valence-electron chi connectivity index (χ3n) is 2.49. The van der Waals surface area contributed by atoms with Crippen molar-refractivity contribution in [3.8, 4) is 5.75 Å². The summed E-state index contributed by atoms with van der Waals surface area (Å²) in [6.07, 6.45) is 0.476. The Labute approximate surface area is 120 Å². The van der Waals surface area contributed by atoms with Crippen molar-refractivity contribution in [2.24, 2.45) is 5.73 Å². The molecule has 0 saturated carbocycles. The predicted octanol–water partition coefficient (Wildman–Crippen LogP) is 2.29. The van der Waals surface area contributed by atoms with E-state index < -0.39 is 0 Å². The minimum absolute atomic E-state index is 0.0306. The lowest BCUT2D eigenvalue weighted by molar-refractivity contribution is 0.0766. The molecule has 0 saturated heterocycles. The Bertz CT molecular complexity index is 465. The standard InChI is InChI=1S/C12H15BrN2O2S/c1-2-15(6-5-11(14)18)12(17)9-7-8(13)3-4-10(9)16/h3-4,7,16H,2,5-6H2,1H3,(H2,14,18). The van der Waals surface area contributed by atoms with E-state index in [9.17, 15) is 9.90 Å². The van der Waals surface area contributed by atoms with Crippen LogP contribution in [0, 0.1) is 0 Å². The van der Waals surface area contributed by atoms with Crippen molar-refractivity contribution in [1.29, 1.82) is 0 Å². The molecule has 1 aromatic carbocycles. The largest absolute Gasteiger partial charge is 0.507 e. The molecule has 0 aliphatic carbocycles. The highest BCUT2D eigenvalue weighted by molar-refractivity contribution is 9.10. The maximum Gasteiger partial charge on any atom is 0.257 e. The van der Waals surface area contributed by atoms with E-state index >= 15 is 0 Å². The van der Waals surface area contributed by atoms with E-state index in [0.717, 1.165) is 4.47 Å². The van der Waals surface area contributed by atoms with E-state index in [4.69, 9.17) is 18.0 Å². The molecular weight excluding hydrogens is 316 g/mol. The number of hydrogen-bond acceptors (Lipinski definition) is 3. The van der Waals surface area contributed by atoms with Crippen LogP contribution in [-0.2, 0) is 0 Å². The number of phenolic OH excluding ortho intramolecular Hbond substituents is 1. The highest BCUT2D eigenvalue weighted by Gasteiger charge is 2.17. The number of hydrogen-bond donors (Lipinski definition) is 2. The molecular formula is C12H15BrN2O2S. The minimum atomic E-state index is -0.229. The third kappa shape index (κ3) is 3.96. The zero-order valence-corrected chi connectivity index (χ0v) is 12.4. The van der Waals surface area contributed by atoms with Gasteiger partial charge in [-0.3, -0.25) is 4.79 Å². The van der Waals surface area contributed by atoms with Gasteiger partial charge in [-0.2, -0.15) is 0 Å². The van der Waals surface area contributed by atoms with Crippen LogP contribution in [0.3, 0.4) is 0 Å². The van der Waals surface area contributed by atoms with E-state index in [1.54, 1.807) is 17.0 Å². The molecule has 0 aliphatic rings. The summed E-state index contributed by atoms with van der Waals surface area (Å²) in [4.78, 5) is 14.2. The Kier molecular flexibility index (Phi) is 5.55. The molecule has 0 fully saturated rings. The summed E-state index contributed by atoms with van der Waals surface area (Å²) in [7, 11) is 0. The van der Waals surface area contributed by atoms with Gasteiger partial charge in [-0.15, -0.1) is 0 Å². The second-order valence-electron chi connectivity index (χ2n) is 3.76. The van der Waals surface area contributed by atoms with Crippen LogP contribution in [0.15, 0.2) is 22.7 Å². The van der Waals surface area contributed by atoms with Gasteiger partial charge in [0, 0.05) is 24.0 Å². The van der Waals surface area contributed by atoms with Gasteiger partial charge in [0.1, 0.15) is 5.75 Å². The fourth-order valence-corrected chi connectivity index (χ4v) is 1.95. The molecule has 6 heteroatoms. The first kappa shape index (κ1) is 14.9. The molecule has 0 atom stereocenters. The molecule has 4 nitrogen and oxygen atoms in total. The second kappa shape index (κ2) is 6.70. The number of aromatic hydroxyl groups is 1. The number of benzene rings is 1. The first-order valence-electron chi connectivity index (χ1n) is 5.51. The molecule has 0 heterocycles. The first-order valence-corrected chi connectivity index (χ1v) is 6.72. The van der Waals surface area contributed by atoms with Crippen molar-refractivity contribution in [3.63, 3.8) is 0 Å². The second-order valence-corrected chi connectivity index (χ2v) is 5.20. The van der Waals surface area contributed by atoms with Crippen molar-refractivity contribution < 1.29 is 9.90 Å². The van der Waals surface area contributed by atoms with Crippen LogP contribution in [0.25, 0.3) is 0 Å². The third-order valence-corrected chi connectivity index (χ3v) is 3.18. The van der Waals surface area contributed by atoms with Crippen LogP contribution in [0.2, 0.25) is 0 Å². The lowest BCUT2D eigenvalue weighted by Crippen LogP contribution is -2.33. The van der Waals surface area contributed by atoms with Gasteiger partial charge in [-0.25, -0.2) is 0 Å². The van der Waals surface area contributed by atoms with E-state index in [2.05, 4.69) is 15.9 Å². The van der Waals surface area contributed by atoms with Gasteiger partial charge in [0.05, 0.1) is 10.6 Å². The van der Waals surface area contributed by atoms with Gasteiger partial charge in [-0.05, 0) is 25.1 Å². The first-order chi connectivity index (χ1) is 8.45. The van der Waals surface area contributed by atoms with Gasteiger partial charge < -0.3 is 15.7 Å². The Hall–Kier alpha value is -1.14. The molecule has 0 spiro atoms. The van der Waals surface area contributed by atoms with Crippen molar-refractivity contribution >= 4 is 39.0 Å². The van der Waals surface area contributed by atoms with Gasteiger partial charge in [0.15, 0.2) is 0 Å². The maximum atomic E-state index is 12.2. The Balaban J connectivity index is 2.89. The summed E-state index contributed by atoms with van der Waals surface area (Å²) in [5, 5.41) is 9.71. The van der Waals surface area contributed by atoms with E-state index in [0.29, 0.717) is 24.5 Å². The number of amides is 1. The monoisotopic (exact) mass is 330 g/mol. The molecule has 1 amide bonds. The summed E-state index contributed by atoms with van der Waals surface area (Å²) in [6.45, 7) is 2.86. The summed E-state index contributed by atoms with van der Waals surface area (Å²) in [6, 6.07) is 4.76. The summed E-state index contributed by atoms with van der Waals surface area (Å²) >= 11 is 8.07. The number of halogens is 1. The Morgan fingerprint density at radius 2 is 2.22 bits per heavy atom. The Morgan fingerprint density at radius 3 is 2.78 bits per heavy atom. The van der Waals surface area contributed by atoms with Gasteiger partial charge in [0.2, 0.25) is 0 Å². The molecule has 18 heavy (non-hydrogen) atoms. The van der Waals surface area contributed by atoms with E-state index in [1.165, 1.54) is 6.07 Å². The number of nitrogens with two attached hydrogens (primary N) is 1. The van der Waals surface area contributed by atoms with Crippen molar-refractivity contribution in [1.82, 2.24) is 4.90 Å². The molecule has 0 aliphatic heterocycles. The number of carbonyl (C=O) groups excluding carboxylic acids is 1. The number of rotatable bonds is 5. The summed E-state index contributed by atoms with van der Waals surface area (Å²) in [5.41, 5.74) is 5.70. The van der Waals surface area contributed by atoms with E-state index in [1.807, 2.05) is 6.92 Å². The highest BCUT2D eigenvalue weighted by atomic mass is 79.9. The molecule has 0 aromatic heterocycles. The summed E-state index contributed by atoms with van der Waals surface area (Å²) in [5.74, 6) is -0.260. The molecule has 3 N–H and O–H groups in total. The normalized spacial score (nSPS) is 10.1. The quantitative estimate of drug-likeness (QED) is 0.813. The van der Waals surface area contributed by atoms with Crippen LogP contribution in [0.1, 0.15) is 23.7 Å². The van der Waals surface area contributed by atoms with Crippen molar-refractivity contribution in [2.45, 2.75) is 13.3 Å². The molecule has 0 bridgehead atoms. The highest BCUT2D eigenvalue weighted by Crippen LogP contribution is 2.23. The summed E-state index contributed by atoms with van der Waals surface area (Å²) < 4.78 is 0.744. The maximum absolute atomic E-state index is 12.2. The number of thiocarbonyl (C=S) groups is 1. The number of nitrogens with zero attached hydrogens (tertiary/aromatic N) is 1. The van der Waals surface area contributed by atoms with Crippen molar-refractivity contribution in [2.75, 3.05) is 13.1 Å². The van der Waals surface area contributed by atoms with Crippen LogP contribution in [0.4, 0.5) is 0 Å². The Morgan fingerprint density at radius 1 is 1.56 bits per heavy atom. The molecule has 98 valence electrons. The average molecular weight is 331 g/mol. The lowest BCUT2D eigenvalue weighted by Gasteiger charge is -2.21. The number of carbonyl (C=O) groups is 1. The SMILES string of the molecule is CCN(CCC(N)=S)C(=O)c1cc(Br)ccc1O. The van der Waals surface area contributed by atoms with Gasteiger partial charge >= 0.3 is 0 Å². The molecule has 1 rings (SSSR count). The van der Waals surface area contributed by atoms with E-state index in [-0.39, 0.29) is 17.2 Å². The topological polar surface area (TPSA) is 66.6 Å². The molecule has 0 unspecified atom stereocenters. The fourth-order valence-electron chi connectivity index (χ4n) is 1.50. The smallest absolute Gasteiger partial charge is 0.257 e. The zero-order valence-electron chi connectivity index (χ0n) is 10.0. The molecule has 1 aromatic rings. The minimum Gasteiger partial charge on any atom is -0.507 e. The van der Waals surface area contributed by atoms with Crippen molar-refractivity contribution in [3.05, 3.63) is 28.2 Å². The fraction of sp³-hybridized carbons (Fsp3) is 0.333. The molecule has 0 radical (unpaired) electrons. The predicted molar refractivity (Wildman–Crippen MR) is 78.8 cm³/mol. The zero-order chi connectivity index (χ0) is 13.7. The van der Waals surface area contributed by atoms with Crippen LogP contribution >= 0.6 is 28.1 Å². The average Bonchev–Trinajstić information content (AvgIpc) is 2.32. The van der Waals surface area contributed by atoms with Gasteiger partial charge in [0.25, 0.3) is 5.91 Å². The lowest BCUT2D eigenvalue weighted by atomic mass is 10.1. The van der Waals surface area contributed by atoms with Crippen LogP contribution < -0.4 is 5.73 Å². The van der Waals surface area contributed by atoms with Crippen LogP contribution in [-0.4, -0.2) is 34.0 Å². The number of phenols is 1.